The van der Waals surface area contributed by atoms with Gasteiger partial charge in [-0.25, -0.2) is 9.18 Å². The van der Waals surface area contributed by atoms with Crippen LogP contribution in [0.4, 0.5) is 4.39 Å². The van der Waals surface area contributed by atoms with Crippen molar-refractivity contribution in [2.45, 2.75) is 19.4 Å². The molecule has 0 amide bonds. The van der Waals surface area contributed by atoms with Crippen LogP contribution in [0.3, 0.4) is 0 Å². The molecule has 0 saturated carbocycles. The Kier molecular flexibility index (Phi) is 4.25. The number of benzene rings is 1. The van der Waals surface area contributed by atoms with E-state index in [2.05, 4.69) is 0 Å². The standard InChI is InChI=1S/C11H13FO4/c1-7(13)4-5-16-8-2-3-9(11(14)15)10(12)6-8/h2-3,6-7,13H,4-5H2,1H3,(H,14,15). The van der Waals surface area contributed by atoms with E-state index in [0.29, 0.717) is 6.42 Å². The van der Waals surface area contributed by atoms with Crippen LogP contribution in [0.2, 0.25) is 0 Å². The lowest BCUT2D eigenvalue weighted by Crippen LogP contribution is -2.08. The number of ether oxygens (including phenoxy) is 1. The molecular formula is C11H13FO4. The van der Waals surface area contributed by atoms with Crippen LogP contribution in [-0.2, 0) is 0 Å². The van der Waals surface area contributed by atoms with Crippen molar-refractivity contribution in [2.75, 3.05) is 6.61 Å². The summed E-state index contributed by atoms with van der Waals surface area (Å²) in [5, 5.41) is 17.6. The molecule has 0 saturated heterocycles. The Morgan fingerprint density at radius 2 is 2.25 bits per heavy atom. The van der Waals surface area contributed by atoms with Gasteiger partial charge in [-0.05, 0) is 19.1 Å². The summed E-state index contributed by atoms with van der Waals surface area (Å²) in [5.74, 6) is -1.89. The first-order valence-corrected chi connectivity index (χ1v) is 4.84. The van der Waals surface area contributed by atoms with Crippen LogP contribution >= 0.6 is 0 Å². The summed E-state index contributed by atoms with van der Waals surface area (Å²) in [6.45, 7) is 1.88. The molecule has 0 bridgehead atoms. The lowest BCUT2D eigenvalue weighted by molar-refractivity contribution is 0.0692. The maximum Gasteiger partial charge on any atom is 0.338 e. The molecule has 1 aromatic carbocycles. The largest absolute Gasteiger partial charge is 0.493 e. The third kappa shape index (κ3) is 3.51. The number of halogens is 1. The molecule has 0 heterocycles. The molecular weight excluding hydrogens is 215 g/mol. The molecule has 0 radical (unpaired) electrons. The number of aromatic carboxylic acids is 1. The van der Waals surface area contributed by atoms with E-state index >= 15 is 0 Å². The van der Waals surface area contributed by atoms with E-state index < -0.39 is 17.9 Å². The molecule has 0 aromatic heterocycles. The van der Waals surface area contributed by atoms with Gasteiger partial charge in [-0.1, -0.05) is 0 Å². The number of carboxylic acid groups (broad SMARTS) is 1. The fraction of sp³-hybridized carbons (Fsp3) is 0.364. The number of hydrogen-bond donors (Lipinski definition) is 2. The van der Waals surface area contributed by atoms with Gasteiger partial charge >= 0.3 is 5.97 Å². The third-order valence-electron chi connectivity index (χ3n) is 1.98. The highest BCUT2D eigenvalue weighted by molar-refractivity contribution is 5.88. The molecule has 0 aliphatic rings. The first-order valence-electron chi connectivity index (χ1n) is 4.84. The smallest absolute Gasteiger partial charge is 0.338 e. The van der Waals surface area contributed by atoms with E-state index in [1.165, 1.54) is 6.07 Å². The molecule has 4 nitrogen and oxygen atoms in total. The first kappa shape index (κ1) is 12.4. The maximum absolute atomic E-state index is 13.2. The summed E-state index contributed by atoms with van der Waals surface area (Å²) < 4.78 is 18.3. The number of rotatable bonds is 5. The molecule has 0 aliphatic carbocycles. The highest BCUT2D eigenvalue weighted by Crippen LogP contribution is 2.17. The van der Waals surface area contributed by atoms with Crippen LogP contribution in [0.1, 0.15) is 23.7 Å². The molecule has 1 atom stereocenters. The average molecular weight is 228 g/mol. The first-order chi connectivity index (χ1) is 7.50. The van der Waals surface area contributed by atoms with Crippen molar-refractivity contribution in [3.63, 3.8) is 0 Å². The van der Waals surface area contributed by atoms with Crippen LogP contribution in [-0.4, -0.2) is 28.9 Å². The highest BCUT2D eigenvalue weighted by Gasteiger charge is 2.10. The molecule has 1 aromatic rings. The molecule has 2 N–H and O–H groups in total. The van der Waals surface area contributed by atoms with Gasteiger partial charge in [0.15, 0.2) is 0 Å². The second kappa shape index (κ2) is 5.46. The fourth-order valence-corrected chi connectivity index (χ4v) is 1.11. The minimum atomic E-state index is -1.31. The summed E-state index contributed by atoms with van der Waals surface area (Å²) in [7, 11) is 0. The van der Waals surface area contributed by atoms with Gasteiger partial charge in [0.2, 0.25) is 0 Å². The predicted octanol–water partition coefficient (Wildman–Crippen LogP) is 1.67. The van der Waals surface area contributed by atoms with E-state index in [4.69, 9.17) is 14.9 Å². The zero-order chi connectivity index (χ0) is 12.1. The Balaban J connectivity index is 2.63. The predicted molar refractivity (Wildman–Crippen MR) is 55.2 cm³/mol. The van der Waals surface area contributed by atoms with Crippen LogP contribution in [0.5, 0.6) is 5.75 Å². The molecule has 88 valence electrons. The van der Waals surface area contributed by atoms with Gasteiger partial charge in [0.1, 0.15) is 11.6 Å². The van der Waals surface area contributed by atoms with Gasteiger partial charge < -0.3 is 14.9 Å². The molecule has 0 aliphatic heterocycles. The Hall–Kier alpha value is -1.62. The third-order valence-corrected chi connectivity index (χ3v) is 1.98. The maximum atomic E-state index is 13.2. The van der Waals surface area contributed by atoms with Crippen LogP contribution < -0.4 is 4.74 Å². The number of aliphatic hydroxyl groups excluding tert-OH is 1. The number of aliphatic hydroxyl groups is 1. The highest BCUT2D eigenvalue weighted by atomic mass is 19.1. The fourth-order valence-electron chi connectivity index (χ4n) is 1.11. The lowest BCUT2D eigenvalue weighted by Gasteiger charge is -2.08. The van der Waals surface area contributed by atoms with Gasteiger partial charge in [-0.3, -0.25) is 0 Å². The molecule has 16 heavy (non-hydrogen) atoms. The number of carbonyl (C=O) groups is 1. The van der Waals surface area contributed by atoms with E-state index in [-0.39, 0.29) is 17.9 Å². The van der Waals surface area contributed by atoms with Gasteiger partial charge in [-0.15, -0.1) is 0 Å². The van der Waals surface area contributed by atoms with Gasteiger partial charge in [-0.2, -0.15) is 0 Å². The van der Waals surface area contributed by atoms with Gasteiger partial charge in [0.05, 0.1) is 18.3 Å². The van der Waals surface area contributed by atoms with Crippen molar-refractivity contribution in [2.24, 2.45) is 0 Å². The Bertz CT molecular complexity index is 376. The summed E-state index contributed by atoms with van der Waals surface area (Å²) >= 11 is 0. The van der Waals surface area contributed by atoms with Crippen molar-refractivity contribution in [1.29, 1.82) is 0 Å². The minimum absolute atomic E-state index is 0.253. The van der Waals surface area contributed by atoms with Crippen LogP contribution in [0.15, 0.2) is 18.2 Å². The number of carboxylic acids is 1. The zero-order valence-electron chi connectivity index (χ0n) is 8.81. The van der Waals surface area contributed by atoms with Crippen molar-refractivity contribution in [1.82, 2.24) is 0 Å². The van der Waals surface area contributed by atoms with Crippen molar-refractivity contribution < 1.29 is 24.1 Å². The van der Waals surface area contributed by atoms with Crippen molar-refractivity contribution in [3.8, 4) is 5.75 Å². The second-order valence-corrected chi connectivity index (χ2v) is 3.43. The summed E-state index contributed by atoms with van der Waals surface area (Å²) in [6.07, 6.45) is -0.0504. The second-order valence-electron chi connectivity index (χ2n) is 3.43. The van der Waals surface area contributed by atoms with E-state index in [1.807, 2.05) is 0 Å². The molecule has 1 unspecified atom stereocenters. The summed E-state index contributed by atoms with van der Waals surface area (Å²) in [6, 6.07) is 3.55. The van der Waals surface area contributed by atoms with Crippen molar-refractivity contribution >= 4 is 5.97 Å². The minimum Gasteiger partial charge on any atom is -0.493 e. The lowest BCUT2D eigenvalue weighted by atomic mass is 10.2. The van der Waals surface area contributed by atoms with Crippen molar-refractivity contribution in [3.05, 3.63) is 29.6 Å². The number of hydrogen-bond acceptors (Lipinski definition) is 3. The van der Waals surface area contributed by atoms with Gasteiger partial charge in [0.25, 0.3) is 0 Å². The van der Waals surface area contributed by atoms with Crippen LogP contribution in [0.25, 0.3) is 0 Å². The molecule has 1 rings (SSSR count). The molecule has 0 fully saturated rings. The monoisotopic (exact) mass is 228 g/mol. The van der Waals surface area contributed by atoms with Crippen LogP contribution in [0, 0.1) is 5.82 Å². The average Bonchev–Trinajstić information content (AvgIpc) is 2.16. The van der Waals surface area contributed by atoms with E-state index in [1.54, 1.807) is 6.92 Å². The van der Waals surface area contributed by atoms with E-state index in [0.717, 1.165) is 12.1 Å². The normalized spacial score (nSPS) is 12.2. The summed E-state index contributed by atoms with van der Waals surface area (Å²) in [5.41, 5.74) is -0.386. The summed E-state index contributed by atoms with van der Waals surface area (Å²) in [4.78, 5) is 10.5. The Morgan fingerprint density at radius 3 is 2.75 bits per heavy atom. The Morgan fingerprint density at radius 1 is 1.56 bits per heavy atom. The molecule has 0 spiro atoms. The quantitative estimate of drug-likeness (QED) is 0.804. The zero-order valence-corrected chi connectivity index (χ0v) is 8.81. The Labute approximate surface area is 92.3 Å². The van der Waals surface area contributed by atoms with Gasteiger partial charge in [0, 0.05) is 12.5 Å². The topological polar surface area (TPSA) is 66.8 Å². The van der Waals surface area contributed by atoms with E-state index in [9.17, 15) is 9.18 Å². The SMILES string of the molecule is CC(O)CCOc1ccc(C(=O)O)c(F)c1. The molecule has 5 heteroatoms.